The standard InChI is InChI=1S/C14H15FN2OS/c1-2-3-13(18)17-14-16-9-12(19-14)8-10-4-6-11(15)7-5-10/h4-7,9H,2-3,8H2,1H3,(H,16,17,18). The van der Waals surface area contributed by atoms with E-state index >= 15 is 0 Å². The molecule has 0 saturated carbocycles. The first-order chi connectivity index (χ1) is 9.17. The Hall–Kier alpha value is -1.75. The van der Waals surface area contributed by atoms with Crippen molar-refractivity contribution in [2.75, 3.05) is 5.32 Å². The number of nitrogens with zero attached hydrogens (tertiary/aromatic N) is 1. The SMILES string of the molecule is CCCC(=O)Nc1ncc(Cc2ccc(F)cc2)s1. The van der Waals surface area contributed by atoms with Crippen molar-refractivity contribution in [3.8, 4) is 0 Å². The molecule has 1 N–H and O–H groups in total. The Morgan fingerprint density at radius 2 is 2.11 bits per heavy atom. The lowest BCUT2D eigenvalue weighted by molar-refractivity contribution is -0.116. The van der Waals surface area contributed by atoms with Crippen LogP contribution >= 0.6 is 11.3 Å². The van der Waals surface area contributed by atoms with Gasteiger partial charge < -0.3 is 5.32 Å². The Morgan fingerprint density at radius 3 is 2.79 bits per heavy atom. The molecule has 19 heavy (non-hydrogen) atoms. The summed E-state index contributed by atoms with van der Waals surface area (Å²) < 4.78 is 12.8. The predicted octanol–water partition coefficient (Wildman–Crippen LogP) is 3.61. The molecule has 3 nitrogen and oxygen atoms in total. The number of thiazole rings is 1. The second-order valence-corrected chi connectivity index (χ2v) is 5.35. The third-order valence-electron chi connectivity index (χ3n) is 2.57. The highest BCUT2D eigenvalue weighted by Crippen LogP contribution is 2.21. The summed E-state index contributed by atoms with van der Waals surface area (Å²) in [6.45, 7) is 1.96. The van der Waals surface area contributed by atoms with Crippen molar-refractivity contribution in [3.63, 3.8) is 0 Å². The van der Waals surface area contributed by atoms with Crippen LogP contribution in [0.5, 0.6) is 0 Å². The molecule has 0 saturated heterocycles. The first-order valence-corrected chi connectivity index (χ1v) is 6.98. The summed E-state index contributed by atoms with van der Waals surface area (Å²) in [4.78, 5) is 16.6. The van der Waals surface area contributed by atoms with Gasteiger partial charge in [0.15, 0.2) is 5.13 Å². The van der Waals surface area contributed by atoms with Crippen molar-refractivity contribution in [3.05, 3.63) is 46.7 Å². The van der Waals surface area contributed by atoms with Gasteiger partial charge in [0.1, 0.15) is 5.82 Å². The summed E-state index contributed by atoms with van der Waals surface area (Å²) in [6, 6.07) is 6.40. The number of anilines is 1. The summed E-state index contributed by atoms with van der Waals surface area (Å²) in [6.07, 6.45) is 3.77. The quantitative estimate of drug-likeness (QED) is 0.907. The summed E-state index contributed by atoms with van der Waals surface area (Å²) >= 11 is 1.45. The van der Waals surface area contributed by atoms with Crippen LogP contribution in [-0.4, -0.2) is 10.9 Å². The zero-order chi connectivity index (χ0) is 13.7. The van der Waals surface area contributed by atoms with E-state index < -0.39 is 0 Å². The monoisotopic (exact) mass is 278 g/mol. The average molecular weight is 278 g/mol. The van der Waals surface area contributed by atoms with Crippen LogP contribution < -0.4 is 5.32 Å². The molecule has 5 heteroatoms. The van der Waals surface area contributed by atoms with E-state index in [0.717, 1.165) is 16.9 Å². The lowest BCUT2D eigenvalue weighted by Gasteiger charge is -1.99. The number of aromatic nitrogens is 1. The van der Waals surface area contributed by atoms with Crippen LogP contribution in [0.25, 0.3) is 0 Å². The van der Waals surface area contributed by atoms with Crippen LogP contribution in [0, 0.1) is 5.82 Å². The van der Waals surface area contributed by atoms with E-state index in [-0.39, 0.29) is 11.7 Å². The zero-order valence-electron chi connectivity index (χ0n) is 10.6. The van der Waals surface area contributed by atoms with Gasteiger partial charge in [-0.05, 0) is 24.1 Å². The Kier molecular flexibility index (Phi) is 4.63. The maximum atomic E-state index is 12.8. The van der Waals surface area contributed by atoms with Crippen molar-refractivity contribution in [1.82, 2.24) is 4.98 Å². The number of amides is 1. The Morgan fingerprint density at radius 1 is 1.37 bits per heavy atom. The third kappa shape index (κ3) is 4.13. The van der Waals surface area contributed by atoms with Gasteiger partial charge in [0.05, 0.1) is 0 Å². The molecule has 1 aromatic heterocycles. The molecule has 100 valence electrons. The highest BCUT2D eigenvalue weighted by molar-refractivity contribution is 7.15. The van der Waals surface area contributed by atoms with Gasteiger partial charge in [-0.15, -0.1) is 11.3 Å². The lowest BCUT2D eigenvalue weighted by atomic mass is 10.1. The molecular formula is C14H15FN2OS. The highest BCUT2D eigenvalue weighted by Gasteiger charge is 2.06. The maximum Gasteiger partial charge on any atom is 0.226 e. The summed E-state index contributed by atoms with van der Waals surface area (Å²) in [5, 5.41) is 3.39. The van der Waals surface area contributed by atoms with E-state index in [1.807, 2.05) is 6.92 Å². The fourth-order valence-electron chi connectivity index (χ4n) is 1.66. The number of benzene rings is 1. The highest BCUT2D eigenvalue weighted by atomic mass is 32.1. The third-order valence-corrected chi connectivity index (χ3v) is 3.48. The molecule has 0 aliphatic carbocycles. The predicted molar refractivity (Wildman–Crippen MR) is 74.9 cm³/mol. The Bertz CT molecular complexity index is 551. The molecule has 0 aliphatic heterocycles. The molecule has 2 aromatic rings. The van der Waals surface area contributed by atoms with E-state index in [0.29, 0.717) is 18.0 Å². The average Bonchev–Trinajstić information content (AvgIpc) is 2.80. The van der Waals surface area contributed by atoms with Gasteiger partial charge in [0.25, 0.3) is 0 Å². The Balaban J connectivity index is 1.97. The normalized spacial score (nSPS) is 10.4. The number of hydrogen-bond donors (Lipinski definition) is 1. The second kappa shape index (κ2) is 6.43. The number of hydrogen-bond acceptors (Lipinski definition) is 3. The van der Waals surface area contributed by atoms with Crippen LogP contribution in [-0.2, 0) is 11.2 Å². The van der Waals surface area contributed by atoms with Crippen LogP contribution in [0.2, 0.25) is 0 Å². The van der Waals surface area contributed by atoms with E-state index in [9.17, 15) is 9.18 Å². The molecule has 0 fully saturated rings. The summed E-state index contributed by atoms with van der Waals surface area (Å²) in [5.74, 6) is -0.245. The number of nitrogens with one attached hydrogen (secondary N) is 1. The van der Waals surface area contributed by atoms with Crippen molar-refractivity contribution in [2.45, 2.75) is 26.2 Å². The first-order valence-electron chi connectivity index (χ1n) is 6.16. The minimum absolute atomic E-state index is 0.00909. The first kappa shape index (κ1) is 13.7. The molecule has 1 amide bonds. The van der Waals surface area contributed by atoms with Crippen LogP contribution in [0.4, 0.5) is 9.52 Å². The van der Waals surface area contributed by atoms with Crippen molar-refractivity contribution in [2.24, 2.45) is 0 Å². The number of rotatable bonds is 5. The van der Waals surface area contributed by atoms with Gasteiger partial charge in [-0.3, -0.25) is 4.79 Å². The van der Waals surface area contributed by atoms with Gasteiger partial charge in [0.2, 0.25) is 5.91 Å². The van der Waals surface area contributed by atoms with Gasteiger partial charge in [-0.25, -0.2) is 9.37 Å². The Labute approximate surface area is 115 Å². The zero-order valence-corrected chi connectivity index (χ0v) is 11.5. The molecule has 0 atom stereocenters. The molecule has 0 aliphatic rings. The van der Waals surface area contributed by atoms with E-state index in [1.165, 1.54) is 23.5 Å². The number of halogens is 1. The van der Waals surface area contributed by atoms with Gasteiger partial charge in [-0.1, -0.05) is 19.1 Å². The fourth-order valence-corrected chi connectivity index (χ4v) is 2.52. The number of carbonyl (C=O) groups is 1. The van der Waals surface area contributed by atoms with Crippen molar-refractivity contribution < 1.29 is 9.18 Å². The largest absolute Gasteiger partial charge is 0.302 e. The molecule has 0 radical (unpaired) electrons. The smallest absolute Gasteiger partial charge is 0.226 e. The minimum Gasteiger partial charge on any atom is -0.302 e. The second-order valence-electron chi connectivity index (χ2n) is 4.23. The van der Waals surface area contributed by atoms with E-state index in [2.05, 4.69) is 10.3 Å². The topological polar surface area (TPSA) is 42.0 Å². The molecule has 1 aromatic carbocycles. The number of carbonyl (C=O) groups excluding carboxylic acids is 1. The molecule has 0 unspecified atom stereocenters. The summed E-state index contributed by atoms with van der Waals surface area (Å²) in [7, 11) is 0. The van der Waals surface area contributed by atoms with Gasteiger partial charge >= 0.3 is 0 Å². The lowest BCUT2D eigenvalue weighted by Crippen LogP contribution is -2.09. The maximum absolute atomic E-state index is 12.8. The fraction of sp³-hybridized carbons (Fsp3) is 0.286. The van der Waals surface area contributed by atoms with Crippen LogP contribution in [0.3, 0.4) is 0 Å². The molecule has 0 spiro atoms. The summed E-state index contributed by atoms with van der Waals surface area (Å²) in [5.41, 5.74) is 1.02. The molecule has 2 rings (SSSR count). The van der Waals surface area contributed by atoms with E-state index in [1.54, 1.807) is 18.3 Å². The molecular weight excluding hydrogens is 263 g/mol. The van der Waals surface area contributed by atoms with Gasteiger partial charge in [-0.2, -0.15) is 0 Å². The van der Waals surface area contributed by atoms with Crippen molar-refractivity contribution in [1.29, 1.82) is 0 Å². The van der Waals surface area contributed by atoms with Crippen molar-refractivity contribution >= 4 is 22.4 Å². The molecule has 1 heterocycles. The van der Waals surface area contributed by atoms with Gasteiger partial charge in [0, 0.05) is 23.9 Å². The van der Waals surface area contributed by atoms with Crippen LogP contribution in [0.1, 0.15) is 30.2 Å². The van der Waals surface area contributed by atoms with Crippen LogP contribution in [0.15, 0.2) is 30.5 Å². The molecule has 0 bridgehead atoms. The minimum atomic E-state index is -0.236. The van der Waals surface area contributed by atoms with E-state index in [4.69, 9.17) is 0 Å².